The number of nitrogens with zero attached hydrogens (tertiary/aromatic N) is 1. The highest BCUT2D eigenvalue weighted by Gasteiger charge is 2.28. The molecule has 17 heavy (non-hydrogen) atoms. The minimum Gasteiger partial charge on any atom is -0.469 e. The van der Waals surface area contributed by atoms with Crippen molar-refractivity contribution in [1.82, 2.24) is 10.2 Å². The van der Waals surface area contributed by atoms with Gasteiger partial charge in [-0.1, -0.05) is 0 Å². The maximum Gasteiger partial charge on any atom is 0.312 e. The number of carbonyl (C=O) groups is 2. The third-order valence-corrected chi connectivity index (χ3v) is 3.04. The summed E-state index contributed by atoms with van der Waals surface area (Å²) in [5.74, 6) is -0.151. The van der Waals surface area contributed by atoms with Gasteiger partial charge in [0.25, 0.3) is 0 Å². The van der Waals surface area contributed by atoms with Crippen molar-refractivity contribution in [3.8, 4) is 0 Å². The molecule has 1 aliphatic heterocycles. The van der Waals surface area contributed by atoms with E-state index in [0.29, 0.717) is 13.1 Å². The summed E-state index contributed by atoms with van der Waals surface area (Å²) < 4.78 is 4.70. The van der Waals surface area contributed by atoms with Crippen molar-refractivity contribution in [2.45, 2.75) is 26.7 Å². The normalized spacial score (nSPS) is 16.1. The third kappa shape index (κ3) is 4.00. The van der Waals surface area contributed by atoms with Gasteiger partial charge in [0.2, 0.25) is 5.91 Å². The number of hydrogen-bond acceptors (Lipinski definition) is 4. The molecule has 0 aromatic heterocycles. The van der Waals surface area contributed by atoms with Crippen molar-refractivity contribution in [1.29, 1.82) is 0 Å². The van der Waals surface area contributed by atoms with Crippen LogP contribution in [0, 0.1) is 5.41 Å². The Morgan fingerprint density at radius 1 is 1.29 bits per heavy atom. The molecule has 1 N–H and O–H groups in total. The Morgan fingerprint density at radius 3 is 2.41 bits per heavy atom. The molecule has 5 heteroatoms. The molecule has 0 radical (unpaired) electrons. The first-order valence-electron chi connectivity index (χ1n) is 6.04. The summed E-state index contributed by atoms with van der Waals surface area (Å²) >= 11 is 0. The van der Waals surface area contributed by atoms with E-state index in [1.54, 1.807) is 13.8 Å². The van der Waals surface area contributed by atoms with Crippen LogP contribution in [0.1, 0.15) is 26.7 Å². The van der Waals surface area contributed by atoms with E-state index in [2.05, 4.69) is 5.32 Å². The van der Waals surface area contributed by atoms with E-state index < -0.39 is 5.41 Å². The van der Waals surface area contributed by atoms with Crippen LogP contribution in [0.3, 0.4) is 0 Å². The topological polar surface area (TPSA) is 58.6 Å². The summed E-state index contributed by atoms with van der Waals surface area (Å²) in [5.41, 5.74) is -0.597. The van der Waals surface area contributed by atoms with Crippen molar-refractivity contribution in [2.75, 3.05) is 33.3 Å². The summed E-state index contributed by atoms with van der Waals surface area (Å²) in [7, 11) is 1.37. The van der Waals surface area contributed by atoms with E-state index in [0.717, 1.165) is 25.9 Å². The molecule has 0 unspecified atom stereocenters. The zero-order chi connectivity index (χ0) is 12.9. The predicted molar refractivity (Wildman–Crippen MR) is 64.5 cm³/mol. The Kier molecular flexibility index (Phi) is 4.93. The van der Waals surface area contributed by atoms with Gasteiger partial charge in [-0.2, -0.15) is 0 Å². The van der Waals surface area contributed by atoms with Gasteiger partial charge in [0.1, 0.15) is 0 Å². The average molecular weight is 242 g/mol. The quantitative estimate of drug-likeness (QED) is 0.709. The molecule has 0 aromatic carbocycles. The summed E-state index contributed by atoms with van der Waals surface area (Å²) in [5, 5.41) is 3.03. The monoisotopic (exact) mass is 242 g/mol. The lowest BCUT2D eigenvalue weighted by molar-refractivity contribution is -0.150. The number of methoxy groups -OCH3 is 1. The van der Waals surface area contributed by atoms with Gasteiger partial charge in [-0.25, -0.2) is 0 Å². The first-order chi connectivity index (χ1) is 7.97. The maximum absolute atomic E-state index is 11.7. The molecule has 0 saturated carbocycles. The van der Waals surface area contributed by atoms with Crippen LogP contribution in [0.4, 0.5) is 0 Å². The fourth-order valence-electron chi connectivity index (χ4n) is 1.91. The number of carbonyl (C=O) groups excluding carboxylic acids is 2. The molecule has 1 heterocycles. The standard InChI is InChI=1S/C12H22N2O3/c1-12(2,11(16)17-3)9-13-8-10(15)14-6-4-5-7-14/h13H,4-9H2,1-3H3. The predicted octanol–water partition coefficient (Wildman–Crippen LogP) is 0.398. The molecule has 0 spiro atoms. The Labute approximate surface area is 102 Å². The number of nitrogens with one attached hydrogen (secondary N) is 1. The van der Waals surface area contributed by atoms with Crippen LogP contribution >= 0.6 is 0 Å². The van der Waals surface area contributed by atoms with Crippen molar-refractivity contribution >= 4 is 11.9 Å². The number of likely N-dealkylation sites (tertiary alicyclic amines) is 1. The van der Waals surface area contributed by atoms with Gasteiger partial charge in [-0.05, 0) is 26.7 Å². The second-order valence-corrected chi connectivity index (χ2v) is 5.07. The Bertz CT molecular complexity index is 283. The summed E-state index contributed by atoms with van der Waals surface area (Å²) in [6.07, 6.45) is 2.19. The zero-order valence-electron chi connectivity index (χ0n) is 10.9. The first-order valence-corrected chi connectivity index (χ1v) is 6.04. The molecular weight excluding hydrogens is 220 g/mol. The highest BCUT2D eigenvalue weighted by atomic mass is 16.5. The average Bonchev–Trinajstić information content (AvgIpc) is 2.80. The molecule has 0 aromatic rings. The first kappa shape index (κ1) is 14.0. The van der Waals surface area contributed by atoms with E-state index >= 15 is 0 Å². The molecule has 1 fully saturated rings. The number of hydrogen-bond donors (Lipinski definition) is 1. The van der Waals surface area contributed by atoms with E-state index in [-0.39, 0.29) is 11.9 Å². The lowest BCUT2D eigenvalue weighted by Gasteiger charge is -2.22. The summed E-state index contributed by atoms with van der Waals surface area (Å²) in [4.78, 5) is 25.0. The number of ether oxygens (including phenoxy) is 1. The molecule has 1 rings (SSSR count). The van der Waals surface area contributed by atoms with Crippen LogP contribution in [0.15, 0.2) is 0 Å². The smallest absolute Gasteiger partial charge is 0.312 e. The van der Waals surface area contributed by atoms with E-state index in [9.17, 15) is 9.59 Å². The SMILES string of the molecule is COC(=O)C(C)(C)CNCC(=O)N1CCCC1. The maximum atomic E-state index is 11.7. The third-order valence-electron chi connectivity index (χ3n) is 3.04. The van der Waals surface area contributed by atoms with Crippen molar-refractivity contribution in [2.24, 2.45) is 5.41 Å². The van der Waals surface area contributed by atoms with Crippen LogP contribution in [-0.2, 0) is 14.3 Å². The highest BCUT2D eigenvalue weighted by molar-refractivity contribution is 5.79. The van der Waals surface area contributed by atoms with E-state index in [1.165, 1.54) is 7.11 Å². The van der Waals surface area contributed by atoms with Gasteiger partial charge >= 0.3 is 5.97 Å². The van der Waals surface area contributed by atoms with Gasteiger partial charge in [0.05, 0.1) is 19.1 Å². The largest absolute Gasteiger partial charge is 0.469 e. The fourth-order valence-corrected chi connectivity index (χ4v) is 1.91. The van der Waals surface area contributed by atoms with Crippen LogP contribution in [0.25, 0.3) is 0 Å². The Hall–Kier alpha value is -1.10. The number of esters is 1. The molecule has 98 valence electrons. The number of rotatable bonds is 5. The van der Waals surface area contributed by atoms with E-state index in [1.807, 2.05) is 4.90 Å². The van der Waals surface area contributed by atoms with Gasteiger partial charge in [0, 0.05) is 19.6 Å². The molecule has 5 nitrogen and oxygen atoms in total. The molecule has 0 atom stereocenters. The minimum atomic E-state index is -0.597. The van der Waals surface area contributed by atoms with Crippen LogP contribution in [0.5, 0.6) is 0 Å². The summed E-state index contributed by atoms with van der Waals surface area (Å²) in [6.45, 7) is 6.06. The van der Waals surface area contributed by atoms with Crippen LogP contribution in [-0.4, -0.2) is 50.1 Å². The van der Waals surface area contributed by atoms with Crippen molar-refractivity contribution in [3.05, 3.63) is 0 Å². The van der Waals surface area contributed by atoms with Crippen molar-refractivity contribution in [3.63, 3.8) is 0 Å². The molecular formula is C12H22N2O3. The Balaban J connectivity index is 2.27. The van der Waals surface area contributed by atoms with Gasteiger partial charge < -0.3 is 15.0 Å². The summed E-state index contributed by atoms with van der Waals surface area (Å²) in [6, 6.07) is 0. The molecule has 0 aliphatic carbocycles. The lowest BCUT2D eigenvalue weighted by Crippen LogP contribution is -2.42. The van der Waals surface area contributed by atoms with Crippen LogP contribution < -0.4 is 5.32 Å². The molecule has 1 aliphatic rings. The lowest BCUT2D eigenvalue weighted by atomic mass is 9.94. The minimum absolute atomic E-state index is 0.114. The molecule has 1 amide bonds. The van der Waals surface area contributed by atoms with Gasteiger partial charge in [0.15, 0.2) is 0 Å². The second-order valence-electron chi connectivity index (χ2n) is 5.07. The number of amides is 1. The second kappa shape index (κ2) is 6.00. The molecule has 0 bridgehead atoms. The highest BCUT2D eigenvalue weighted by Crippen LogP contribution is 2.15. The van der Waals surface area contributed by atoms with E-state index in [4.69, 9.17) is 4.74 Å². The zero-order valence-corrected chi connectivity index (χ0v) is 10.9. The van der Waals surface area contributed by atoms with Gasteiger partial charge in [-0.15, -0.1) is 0 Å². The Morgan fingerprint density at radius 2 is 1.88 bits per heavy atom. The van der Waals surface area contributed by atoms with Gasteiger partial charge in [-0.3, -0.25) is 9.59 Å². The van der Waals surface area contributed by atoms with Crippen LogP contribution in [0.2, 0.25) is 0 Å². The fraction of sp³-hybridized carbons (Fsp3) is 0.833. The molecule has 1 saturated heterocycles. The van der Waals surface area contributed by atoms with Crippen molar-refractivity contribution < 1.29 is 14.3 Å².